The van der Waals surface area contributed by atoms with Crippen molar-refractivity contribution in [3.05, 3.63) is 26.8 Å². The number of halogens is 2. The van der Waals surface area contributed by atoms with Gasteiger partial charge < -0.3 is 5.11 Å². The van der Waals surface area contributed by atoms with E-state index in [0.717, 1.165) is 8.95 Å². The number of hydrogen-bond donors (Lipinski definition) is 1. The van der Waals surface area contributed by atoms with Crippen LogP contribution in [-0.2, 0) is 0 Å². The predicted molar refractivity (Wildman–Crippen MR) is 70.0 cm³/mol. The monoisotopic (exact) mass is 345 g/mol. The molecule has 84 valence electrons. The van der Waals surface area contributed by atoms with Crippen molar-refractivity contribution in [2.45, 2.75) is 13.8 Å². The summed E-state index contributed by atoms with van der Waals surface area (Å²) in [6.07, 6.45) is 0. The largest absolute Gasteiger partial charge is 0.505 e. The Morgan fingerprint density at radius 3 is 2.56 bits per heavy atom. The second-order valence-electron chi connectivity index (χ2n) is 3.57. The van der Waals surface area contributed by atoms with E-state index in [4.69, 9.17) is 0 Å². The van der Waals surface area contributed by atoms with E-state index in [1.54, 1.807) is 13.0 Å². The molecule has 0 spiro atoms. The molecule has 3 nitrogen and oxygen atoms in total. The molecule has 1 heterocycles. The number of carbonyl (C=O) groups excluding carboxylic acids is 1. The molecule has 5 heteroatoms. The molecule has 1 N–H and O–H groups in total. The van der Waals surface area contributed by atoms with Gasteiger partial charge in [0, 0.05) is 21.3 Å². The third-order valence-electron chi connectivity index (χ3n) is 2.50. The number of aromatic hydroxyl groups is 1. The highest BCUT2D eigenvalue weighted by atomic mass is 79.9. The van der Waals surface area contributed by atoms with Crippen molar-refractivity contribution in [2.24, 2.45) is 0 Å². The van der Waals surface area contributed by atoms with E-state index in [9.17, 15) is 9.90 Å². The molecule has 0 radical (unpaired) electrons. The minimum absolute atomic E-state index is 0.120. The van der Waals surface area contributed by atoms with E-state index in [0.29, 0.717) is 16.6 Å². The Balaban J connectivity index is 3.02. The highest BCUT2D eigenvalue weighted by molar-refractivity contribution is 9.11. The minimum Gasteiger partial charge on any atom is -0.505 e. The van der Waals surface area contributed by atoms with E-state index < -0.39 is 0 Å². The zero-order valence-electron chi connectivity index (χ0n) is 8.71. The predicted octanol–water partition coefficient (Wildman–Crippen LogP) is 3.84. The Labute approximate surface area is 109 Å². The molecule has 0 saturated heterocycles. The lowest BCUT2D eigenvalue weighted by Gasteiger charge is -2.03. The molecular formula is C11H9Br2NO2. The van der Waals surface area contributed by atoms with Gasteiger partial charge in [0.1, 0.15) is 5.75 Å². The molecule has 0 amide bonds. The standard InChI is InChI=1S/C11H9Br2NO2/c1-5-11(16)8-3-7(12)4-9(13)10(8)14(5)6(2)15/h3-4,16H,1-2H3. The minimum atomic E-state index is -0.120. The molecule has 2 aromatic rings. The average Bonchev–Trinajstić information content (AvgIpc) is 2.42. The first kappa shape index (κ1) is 11.7. The van der Waals surface area contributed by atoms with Crippen LogP contribution in [0, 0.1) is 6.92 Å². The summed E-state index contributed by atoms with van der Waals surface area (Å²) in [6, 6.07) is 3.64. The molecule has 0 fully saturated rings. The lowest BCUT2D eigenvalue weighted by Crippen LogP contribution is -2.07. The number of benzene rings is 1. The van der Waals surface area contributed by atoms with Gasteiger partial charge >= 0.3 is 0 Å². The fraction of sp³-hybridized carbons (Fsp3) is 0.182. The molecular weight excluding hydrogens is 338 g/mol. The summed E-state index contributed by atoms with van der Waals surface area (Å²) in [6.45, 7) is 3.19. The van der Waals surface area contributed by atoms with Crippen molar-refractivity contribution in [1.82, 2.24) is 4.57 Å². The van der Waals surface area contributed by atoms with E-state index >= 15 is 0 Å². The summed E-state index contributed by atoms with van der Waals surface area (Å²) in [4.78, 5) is 11.5. The molecule has 1 aromatic carbocycles. The van der Waals surface area contributed by atoms with Gasteiger partial charge in [0.25, 0.3) is 0 Å². The highest BCUT2D eigenvalue weighted by Gasteiger charge is 2.18. The van der Waals surface area contributed by atoms with Crippen molar-refractivity contribution in [3.8, 4) is 5.75 Å². The molecule has 2 rings (SSSR count). The third-order valence-corrected chi connectivity index (χ3v) is 3.56. The van der Waals surface area contributed by atoms with Crippen LogP contribution in [-0.4, -0.2) is 15.6 Å². The molecule has 0 aliphatic heterocycles. The van der Waals surface area contributed by atoms with E-state index in [1.165, 1.54) is 11.5 Å². The number of nitrogens with zero attached hydrogens (tertiary/aromatic N) is 1. The Bertz CT molecular complexity index is 602. The Kier molecular flexibility index (Phi) is 2.84. The van der Waals surface area contributed by atoms with Crippen LogP contribution in [0.25, 0.3) is 10.9 Å². The Hall–Kier alpha value is -0.810. The van der Waals surface area contributed by atoms with Gasteiger partial charge in [-0.1, -0.05) is 15.9 Å². The van der Waals surface area contributed by atoms with Gasteiger partial charge in [-0.05, 0) is 35.0 Å². The first-order valence-electron chi connectivity index (χ1n) is 4.63. The van der Waals surface area contributed by atoms with Crippen LogP contribution in [0.1, 0.15) is 17.4 Å². The van der Waals surface area contributed by atoms with E-state index in [-0.39, 0.29) is 11.7 Å². The lowest BCUT2D eigenvalue weighted by molar-refractivity contribution is 0.0939. The second-order valence-corrected chi connectivity index (χ2v) is 5.34. The number of aromatic nitrogens is 1. The summed E-state index contributed by atoms with van der Waals surface area (Å²) >= 11 is 6.75. The average molecular weight is 347 g/mol. The fourth-order valence-electron chi connectivity index (χ4n) is 1.84. The third kappa shape index (κ3) is 1.58. The van der Waals surface area contributed by atoms with Crippen LogP contribution in [0.2, 0.25) is 0 Å². The molecule has 0 bridgehead atoms. The smallest absolute Gasteiger partial charge is 0.228 e. The maximum absolute atomic E-state index is 11.5. The van der Waals surface area contributed by atoms with Gasteiger partial charge in [-0.3, -0.25) is 9.36 Å². The second kappa shape index (κ2) is 3.89. The summed E-state index contributed by atoms with van der Waals surface area (Å²) in [5.74, 6) is 0.0259. The lowest BCUT2D eigenvalue weighted by atomic mass is 10.2. The molecule has 0 aliphatic rings. The molecule has 0 saturated carbocycles. The van der Waals surface area contributed by atoms with Crippen LogP contribution in [0.3, 0.4) is 0 Å². The fourth-order valence-corrected chi connectivity index (χ4v) is 3.24. The Morgan fingerprint density at radius 1 is 1.38 bits per heavy atom. The van der Waals surface area contributed by atoms with Gasteiger partial charge in [-0.25, -0.2) is 0 Å². The summed E-state index contributed by atoms with van der Waals surface area (Å²) < 4.78 is 3.12. The summed E-state index contributed by atoms with van der Waals surface area (Å²) in [7, 11) is 0. The van der Waals surface area contributed by atoms with Crippen LogP contribution in [0.4, 0.5) is 0 Å². The first-order chi connectivity index (χ1) is 7.43. The van der Waals surface area contributed by atoms with Gasteiger partial charge in [-0.2, -0.15) is 0 Å². The number of fused-ring (bicyclic) bond motifs is 1. The molecule has 0 aliphatic carbocycles. The number of carbonyl (C=O) groups is 1. The van der Waals surface area contributed by atoms with Gasteiger partial charge in [0.05, 0.1) is 11.2 Å². The highest BCUT2D eigenvalue weighted by Crippen LogP contribution is 2.37. The summed E-state index contributed by atoms with van der Waals surface area (Å²) in [5.41, 5.74) is 1.26. The maximum atomic E-state index is 11.5. The van der Waals surface area contributed by atoms with Crippen molar-refractivity contribution in [3.63, 3.8) is 0 Å². The van der Waals surface area contributed by atoms with Crippen LogP contribution < -0.4 is 0 Å². The van der Waals surface area contributed by atoms with Crippen LogP contribution in [0.15, 0.2) is 21.1 Å². The molecule has 1 aromatic heterocycles. The SMILES string of the molecule is CC(=O)n1c(C)c(O)c2cc(Br)cc(Br)c21. The van der Waals surface area contributed by atoms with Crippen molar-refractivity contribution < 1.29 is 9.90 Å². The van der Waals surface area contributed by atoms with Crippen molar-refractivity contribution >= 4 is 48.7 Å². The first-order valence-corrected chi connectivity index (χ1v) is 6.22. The van der Waals surface area contributed by atoms with E-state index in [1.807, 2.05) is 6.07 Å². The quantitative estimate of drug-likeness (QED) is 0.787. The van der Waals surface area contributed by atoms with Crippen molar-refractivity contribution in [2.75, 3.05) is 0 Å². The summed E-state index contributed by atoms with van der Waals surface area (Å²) in [5, 5.41) is 10.6. The normalized spacial score (nSPS) is 11.0. The number of rotatable bonds is 0. The number of hydrogen-bond acceptors (Lipinski definition) is 2. The Morgan fingerprint density at radius 2 is 2.00 bits per heavy atom. The zero-order chi connectivity index (χ0) is 12.0. The van der Waals surface area contributed by atoms with Crippen LogP contribution >= 0.6 is 31.9 Å². The van der Waals surface area contributed by atoms with Crippen molar-refractivity contribution in [1.29, 1.82) is 0 Å². The van der Waals surface area contributed by atoms with Gasteiger partial charge in [0.15, 0.2) is 0 Å². The van der Waals surface area contributed by atoms with Crippen LogP contribution in [0.5, 0.6) is 5.75 Å². The molecule has 0 atom stereocenters. The van der Waals surface area contributed by atoms with Gasteiger partial charge in [-0.15, -0.1) is 0 Å². The van der Waals surface area contributed by atoms with Gasteiger partial charge in [0.2, 0.25) is 5.91 Å². The topological polar surface area (TPSA) is 42.2 Å². The molecule has 16 heavy (non-hydrogen) atoms. The maximum Gasteiger partial charge on any atom is 0.228 e. The zero-order valence-corrected chi connectivity index (χ0v) is 11.9. The van der Waals surface area contributed by atoms with E-state index in [2.05, 4.69) is 31.9 Å². The molecule has 0 unspecified atom stereocenters.